The Bertz CT molecular complexity index is 1050. The zero-order valence-corrected chi connectivity index (χ0v) is 17.5. The van der Waals surface area contributed by atoms with E-state index in [2.05, 4.69) is 20.8 Å². The maximum atomic E-state index is 12.9. The number of hydrogen-bond acceptors (Lipinski definition) is 8. The molecule has 10 heteroatoms. The molecule has 31 heavy (non-hydrogen) atoms. The van der Waals surface area contributed by atoms with Gasteiger partial charge in [-0.05, 0) is 29.0 Å². The number of nitrogens with zero attached hydrogens (tertiary/aromatic N) is 4. The molecule has 0 aliphatic heterocycles. The van der Waals surface area contributed by atoms with Gasteiger partial charge in [-0.1, -0.05) is 25.1 Å². The number of benzene rings is 2. The van der Waals surface area contributed by atoms with E-state index < -0.39 is 5.97 Å². The topological polar surface area (TPSA) is 117 Å². The lowest BCUT2D eigenvalue weighted by atomic mass is 10.1. The van der Waals surface area contributed by atoms with E-state index in [1.165, 1.54) is 26.4 Å². The highest BCUT2D eigenvalue weighted by molar-refractivity contribution is 6.08. The minimum Gasteiger partial charge on any atom is -0.493 e. The van der Waals surface area contributed by atoms with Gasteiger partial charge >= 0.3 is 5.97 Å². The van der Waals surface area contributed by atoms with Crippen LogP contribution in [0.2, 0.25) is 0 Å². The molecule has 1 heterocycles. The maximum Gasteiger partial charge on any atom is 0.340 e. The second-order valence-electron chi connectivity index (χ2n) is 6.47. The quantitative estimate of drug-likeness (QED) is 0.520. The lowest BCUT2D eigenvalue weighted by molar-refractivity contribution is 0.0457. The van der Waals surface area contributed by atoms with Crippen molar-refractivity contribution < 1.29 is 23.8 Å². The third-order valence-corrected chi connectivity index (χ3v) is 4.40. The summed E-state index contributed by atoms with van der Waals surface area (Å²) in [7, 11) is 2.92. The van der Waals surface area contributed by atoms with Crippen LogP contribution in [0.4, 0.5) is 5.69 Å². The molecule has 10 nitrogen and oxygen atoms in total. The third kappa shape index (κ3) is 5.16. The molecule has 1 amide bonds. The largest absolute Gasteiger partial charge is 0.493 e. The number of esters is 1. The summed E-state index contributed by atoms with van der Waals surface area (Å²) in [5, 5.41) is 14.1. The van der Waals surface area contributed by atoms with Crippen LogP contribution in [0.15, 0.2) is 42.5 Å². The van der Waals surface area contributed by atoms with Crippen LogP contribution in [0.25, 0.3) is 0 Å². The van der Waals surface area contributed by atoms with Crippen molar-refractivity contribution >= 4 is 17.6 Å². The highest BCUT2D eigenvalue weighted by Crippen LogP contribution is 2.34. The van der Waals surface area contributed by atoms with Crippen LogP contribution < -0.4 is 14.8 Å². The average Bonchev–Trinajstić information content (AvgIpc) is 3.25. The third-order valence-electron chi connectivity index (χ3n) is 4.40. The minimum atomic E-state index is -0.671. The highest BCUT2D eigenvalue weighted by Gasteiger charge is 2.21. The second-order valence-corrected chi connectivity index (χ2v) is 6.47. The number of aryl methyl sites for hydroxylation is 1. The van der Waals surface area contributed by atoms with Gasteiger partial charge in [0.15, 0.2) is 23.9 Å². The number of carbonyl (C=O) groups is 2. The Labute approximate surface area is 179 Å². The molecule has 162 valence electrons. The van der Waals surface area contributed by atoms with E-state index in [9.17, 15) is 9.59 Å². The fraction of sp³-hybridized carbons (Fsp3) is 0.286. The number of nitrogens with one attached hydrogen (secondary N) is 1. The molecule has 0 fully saturated rings. The molecule has 1 aromatic heterocycles. The first-order valence-corrected chi connectivity index (χ1v) is 9.62. The Balaban J connectivity index is 1.86. The molecular formula is C21H23N5O5. The van der Waals surface area contributed by atoms with Crippen molar-refractivity contribution in [1.29, 1.82) is 0 Å². The van der Waals surface area contributed by atoms with Crippen molar-refractivity contribution in [3.63, 3.8) is 0 Å². The van der Waals surface area contributed by atoms with Gasteiger partial charge in [-0.25, -0.2) is 9.48 Å². The Hall–Kier alpha value is -3.95. The molecule has 2 aromatic carbocycles. The van der Waals surface area contributed by atoms with Crippen molar-refractivity contribution in [3.05, 3.63) is 59.4 Å². The number of methoxy groups -OCH3 is 2. The number of hydrogen-bond donors (Lipinski definition) is 1. The van der Waals surface area contributed by atoms with Crippen LogP contribution in [-0.4, -0.2) is 46.3 Å². The molecule has 0 aliphatic rings. The summed E-state index contributed by atoms with van der Waals surface area (Å²) in [5.41, 5.74) is 0.774. The van der Waals surface area contributed by atoms with Crippen molar-refractivity contribution in [3.8, 4) is 11.5 Å². The molecule has 0 unspecified atom stereocenters. The summed E-state index contributed by atoms with van der Waals surface area (Å²) < 4.78 is 17.6. The van der Waals surface area contributed by atoms with Crippen LogP contribution in [0, 0.1) is 0 Å². The lowest BCUT2D eigenvalue weighted by Crippen LogP contribution is -2.17. The Kier molecular flexibility index (Phi) is 7.15. The SMILES string of the molecule is CCCn1nnnc1COC(=O)c1cc(OC)c(OC)cc1NC(=O)c1ccccc1. The molecule has 1 N–H and O–H groups in total. The van der Waals surface area contributed by atoms with Gasteiger partial charge in [0.1, 0.15) is 0 Å². The van der Waals surface area contributed by atoms with Crippen LogP contribution in [0.5, 0.6) is 11.5 Å². The number of aromatic nitrogens is 4. The van der Waals surface area contributed by atoms with Crippen molar-refractivity contribution in [2.75, 3.05) is 19.5 Å². The van der Waals surface area contributed by atoms with Gasteiger partial charge in [-0.3, -0.25) is 4.79 Å². The van der Waals surface area contributed by atoms with E-state index in [1.807, 2.05) is 13.0 Å². The monoisotopic (exact) mass is 425 g/mol. The standard InChI is InChI=1S/C21H23N5O5/c1-4-10-26-19(23-24-25-26)13-31-21(28)15-11-17(29-2)18(30-3)12-16(15)22-20(27)14-8-6-5-7-9-14/h5-9,11-12H,4,10,13H2,1-3H3,(H,22,27). The first-order valence-electron chi connectivity index (χ1n) is 9.62. The van der Waals surface area contributed by atoms with E-state index in [0.717, 1.165) is 6.42 Å². The molecule has 0 saturated heterocycles. The number of ether oxygens (including phenoxy) is 3. The predicted octanol–water partition coefficient (Wildman–Crippen LogP) is 2.71. The highest BCUT2D eigenvalue weighted by atomic mass is 16.5. The Morgan fingerprint density at radius 2 is 1.77 bits per heavy atom. The van der Waals surface area contributed by atoms with Crippen LogP contribution in [0.3, 0.4) is 0 Å². The normalized spacial score (nSPS) is 10.4. The van der Waals surface area contributed by atoms with Gasteiger partial charge in [0.2, 0.25) is 0 Å². The lowest BCUT2D eigenvalue weighted by Gasteiger charge is -2.15. The molecule has 0 saturated carbocycles. The number of rotatable bonds is 9. The molecular weight excluding hydrogens is 402 g/mol. The second kappa shape index (κ2) is 10.2. The number of amides is 1. The first kappa shape index (κ1) is 21.8. The summed E-state index contributed by atoms with van der Waals surface area (Å²) >= 11 is 0. The minimum absolute atomic E-state index is 0.108. The average molecular weight is 425 g/mol. The molecule has 0 bridgehead atoms. The predicted molar refractivity (Wildman–Crippen MR) is 111 cm³/mol. The summed E-state index contributed by atoms with van der Waals surface area (Å²) in [6, 6.07) is 11.6. The Morgan fingerprint density at radius 3 is 2.45 bits per heavy atom. The van der Waals surface area contributed by atoms with Crippen molar-refractivity contribution in [1.82, 2.24) is 20.2 Å². The summed E-state index contributed by atoms with van der Waals surface area (Å²) in [5.74, 6) is 0.0481. The van der Waals surface area contributed by atoms with Gasteiger partial charge in [0.05, 0.1) is 25.5 Å². The van der Waals surface area contributed by atoms with Gasteiger partial charge in [-0.15, -0.1) is 5.10 Å². The van der Waals surface area contributed by atoms with Gasteiger partial charge in [0.25, 0.3) is 5.91 Å². The molecule has 0 radical (unpaired) electrons. The molecule has 0 spiro atoms. The number of tetrazole rings is 1. The van der Waals surface area contributed by atoms with Crippen molar-refractivity contribution in [2.24, 2.45) is 0 Å². The summed E-state index contributed by atoms with van der Waals surface area (Å²) in [6.45, 7) is 2.48. The van der Waals surface area contributed by atoms with E-state index >= 15 is 0 Å². The summed E-state index contributed by atoms with van der Waals surface area (Å²) in [6.07, 6.45) is 0.831. The smallest absolute Gasteiger partial charge is 0.340 e. The molecule has 0 aliphatic carbocycles. The van der Waals surface area contributed by atoms with Crippen molar-refractivity contribution in [2.45, 2.75) is 26.5 Å². The first-order chi connectivity index (χ1) is 15.1. The number of anilines is 1. The summed E-state index contributed by atoms with van der Waals surface area (Å²) in [4.78, 5) is 25.5. The van der Waals surface area contributed by atoms with E-state index in [0.29, 0.717) is 29.4 Å². The van der Waals surface area contributed by atoms with Gasteiger partial charge < -0.3 is 19.5 Å². The maximum absolute atomic E-state index is 12.9. The molecule has 3 aromatic rings. The Morgan fingerprint density at radius 1 is 1.06 bits per heavy atom. The fourth-order valence-corrected chi connectivity index (χ4v) is 2.86. The fourth-order valence-electron chi connectivity index (χ4n) is 2.86. The van der Waals surface area contributed by atoms with Gasteiger partial charge in [-0.2, -0.15) is 0 Å². The van der Waals surface area contributed by atoms with Crippen LogP contribution in [0.1, 0.15) is 39.9 Å². The van der Waals surface area contributed by atoms with E-state index in [-0.39, 0.29) is 23.8 Å². The van der Waals surface area contributed by atoms with E-state index in [1.54, 1.807) is 28.9 Å². The molecule has 3 rings (SSSR count). The molecule has 0 atom stereocenters. The zero-order valence-electron chi connectivity index (χ0n) is 17.5. The zero-order chi connectivity index (χ0) is 22.2. The van der Waals surface area contributed by atoms with Crippen LogP contribution >= 0.6 is 0 Å². The van der Waals surface area contributed by atoms with E-state index in [4.69, 9.17) is 14.2 Å². The number of carbonyl (C=O) groups excluding carboxylic acids is 2. The van der Waals surface area contributed by atoms with Crippen LogP contribution in [-0.2, 0) is 17.9 Å². The van der Waals surface area contributed by atoms with Gasteiger partial charge in [0, 0.05) is 24.2 Å².